The summed E-state index contributed by atoms with van der Waals surface area (Å²) in [6.07, 6.45) is 0. The highest BCUT2D eigenvalue weighted by Gasteiger charge is 2.14. The van der Waals surface area contributed by atoms with Crippen molar-refractivity contribution in [1.29, 1.82) is 0 Å². The SMILES string of the molecule is CCOc1ccc(C(=O)NC(C)c2ccc(F)cc2)cc1COCC(C)C. The van der Waals surface area contributed by atoms with E-state index >= 15 is 0 Å². The molecule has 1 unspecified atom stereocenters. The molecular weight excluding hydrogens is 345 g/mol. The Hall–Kier alpha value is -2.40. The van der Waals surface area contributed by atoms with Gasteiger partial charge in [-0.05, 0) is 55.7 Å². The van der Waals surface area contributed by atoms with E-state index < -0.39 is 0 Å². The molecule has 5 heteroatoms. The number of halogens is 1. The lowest BCUT2D eigenvalue weighted by Crippen LogP contribution is -2.26. The first-order valence-corrected chi connectivity index (χ1v) is 9.30. The van der Waals surface area contributed by atoms with E-state index in [1.165, 1.54) is 12.1 Å². The zero-order valence-corrected chi connectivity index (χ0v) is 16.4. The monoisotopic (exact) mass is 373 g/mol. The first-order valence-electron chi connectivity index (χ1n) is 9.30. The minimum Gasteiger partial charge on any atom is -0.494 e. The van der Waals surface area contributed by atoms with Crippen molar-refractivity contribution in [2.45, 2.75) is 40.3 Å². The number of ether oxygens (including phenoxy) is 2. The van der Waals surface area contributed by atoms with Gasteiger partial charge in [-0.1, -0.05) is 26.0 Å². The normalized spacial score (nSPS) is 12.1. The van der Waals surface area contributed by atoms with Crippen LogP contribution in [0.5, 0.6) is 5.75 Å². The van der Waals surface area contributed by atoms with Gasteiger partial charge >= 0.3 is 0 Å². The highest BCUT2D eigenvalue weighted by Crippen LogP contribution is 2.22. The summed E-state index contributed by atoms with van der Waals surface area (Å²) in [7, 11) is 0. The van der Waals surface area contributed by atoms with Gasteiger partial charge in [0, 0.05) is 17.7 Å². The fourth-order valence-electron chi connectivity index (χ4n) is 2.65. The van der Waals surface area contributed by atoms with Gasteiger partial charge in [0.25, 0.3) is 5.91 Å². The zero-order chi connectivity index (χ0) is 19.8. The quantitative estimate of drug-likeness (QED) is 0.681. The van der Waals surface area contributed by atoms with Gasteiger partial charge in [-0.25, -0.2) is 4.39 Å². The number of nitrogens with one attached hydrogen (secondary N) is 1. The van der Waals surface area contributed by atoms with Gasteiger partial charge in [0.15, 0.2) is 0 Å². The highest BCUT2D eigenvalue weighted by atomic mass is 19.1. The lowest BCUT2D eigenvalue weighted by molar-refractivity contribution is 0.0928. The van der Waals surface area contributed by atoms with Crippen molar-refractivity contribution < 1.29 is 18.7 Å². The van der Waals surface area contributed by atoms with Gasteiger partial charge < -0.3 is 14.8 Å². The van der Waals surface area contributed by atoms with E-state index in [0.717, 1.165) is 16.9 Å². The molecule has 0 spiro atoms. The van der Waals surface area contributed by atoms with Crippen LogP contribution in [0.2, 0.25) is 0 Å². The molecule has 0 fully saturated rings. The van der Waals surface area contributed by atoms with Crippen LogP contribution in [-0.4, -0.2) is 19.1 Å². The second-order valence-electron chi connectivity index (χ2n) is 6.91. The molecule has 0 aliphatic rings. The molecule has 2 rings (SSSR count). The molecule has 2 aromatic rings. The lowest BCUT2D eigenvalue weighted by Gasteiger charge is -2.16. The Morgan fingerprint density at radius 1 is 1.11 bits per heavy atom. The first kappa shape index (κ1) is 20.9. The Balaban J connectivity index is 2.11. The second-order valence-corrected chi connectivity index (χ2v) is 6.91. The van der Waals surface area contributed by atoms with Crippen molar-refractivity contribution in [2.24, 2.45) is 5.92 Å². The van der Waals surface area contributed by atoms with Crippen molar-refractivity contribution in [3.63, 3.8) is 0 Å². The van der Waals surface area contributed by atoms with Crippen LogP contribution in [0.15, 0.2) is 42.5 Å². The number of amides is 1. The van der Waals surface area contributed by atoms with Gasteiger partial charge in [0.2, 0.25) is 0 Å². The summed E-state index contributed by atoms with van der Waals surface area (Å²) >= 11 is 0. The molecule has 0 saturated heterocycles. The number of carbonyl (C=O) groups excluding carboxylic acids is 1. The molecule has 0 aromatic heterocycles. The Kier molecular flexibility index (Phi) is 7.80. The van der Waals surface area contributed by atoms with E-state index in [0.29, 0.717) is 31.3 Å². The van der Waals surface area contributed by atoms with Crippen LogP contribution in [0.25, 0.3) is 0 Å². The predicted octanol–water partition coefficient (Wildman–Crippen LogP) is 4.89. The minimum absolute atomic E-state index is 0.194. The number of carbonyl (C=O) groups is 1. The van der Waals surface area contributed by atoms with E-state index in [2.05, 4.69) is 19.2 Å². The minimum atomic E-state index is -0.296. The Morgan fingerprint density at radius 2 is 1.81 bits per heavy atom. The molecule has 146 valence electrons. The highest BCUT2D eigenvalue weighted by molar-refractivity contribution is 5.94. The van der Waals surface area contributed by atoms with Crippen molar-refractivity contribution in [2.75, 3.05) is 13.2 Å². The standard InChI is InChI=1S/C22H28FNO3/c1-5-27-21-11-8-18(12-19(21)14-26-13-15(2)3)22(25)24-16(4)17-6-9-20(23)10-7-17/h6-12,15-16H,5,13-14H2,1-4H3,(H,24,25). The summed E-state index contributed by atoms with van der Waals surface area (Å²) in [5.41, 5.74) is 2.23. The Bertz CT molecular complexity index is 744. The molecule has 27 heavy (non-hydrogen) atoms. The Labute approximate surface area is 160 Å². The maximum absolute atomic E-state index is 13.1. The van der Waals surface area contributed by atoms with Gasteiger partial charge in [-0.2, -0.15) is 0 Å². The largest absolute Gasteiger partial charge is 0.494 e. The van der Waals surface area contributed by atoms with Crippen LogP contribution in [0, 0.1) is 11.7 Å². The molecule has 4 nitrogen and oxygen atoms in total. The topological polar surface area (TPSA) is 47.6 Å². The van der Waals surface area contributed by atoms with Gasteiger partial charge in [-0.15, -0.1) is 0 Å². The second kappa shape index (κ2) is 10.1. The fourth-order valence-corrected chi connectivity index (χ4v) is 2.65. The molecule has 0 radical (unpaired) electrons. The average Bonchev–Trinajstić information content (AvgIpc) is 2.63. The summed E-state index contributed by atoms with van der Waals surface area (Å²) in [6, 6.07) is 11.2. The third-order valence-corrected chi connectivity index (χ3v) is 4.05. The summed E-state index contributed by atoms with van der Waals surface area (Å²) in [5.74, 6) is 0.669. The van der Waals surface area contributed by atoms with Crippen molar-refractivity contribution >= 4 is 5.91 Å². The lowest BCUT2D eigenvalue weighted by atomic mass is 10.1. The zero-order valence-electron chi connectivity index (χ0n) is 16.4. The smallest absolute Gasteiger partial charge is 0.251 e. The molecule has 0 saturated carbocycles. The van der Waals surface area contributed by atoms with Crippen LogP contribution in [-0.2, 0) is 11.3 Å². The predicted molar refractivity (Wildman–Crippen MR) is 104 cm³/mol. The molecule has 1 atom stereocenters. The molecule has 1 amide bonds. The Morgan fingerprint density at radius 3 is 2.44 bits per heavy atom. The van der Waals surface area contributed by atoms with Gasteiger partial charge in [0.1, 0.15) is 11.6 Å². The van der Waals surface area contributed by atoms with E-state index in [1.807, 2.05) is 13.8 Å². The van der Waals surface area contributed by atoms with Crippen LogP contribution in [0.4, 0.5) is 4.39 Å². The van der Waals surface area contributed by atoms with E-state index in [9.17, 15) is 9.18 Å². The first-order chi connectivity index (χ1) is 12.9. The van der Waals surface area contributed by atoms with Gasteiger partial charge in [-0.3, -0.25) is 4.79 Å². The summed E-state index contributed by atoms with van der Waals surface area (Å²) < 4.78 is 24.4. The molecule has 2 aromatic carbocycles. The van der Waals surface area contributed by atoms with Crippen LogP contribution < -0.4 is 10.1 Å². The summed E-state index contributed by atoms with van der Waals surface area (Å²) in [6.45, 7) is 9.54. The fraction of sp³-hybridized carbons (Fsp3) is 0.409. The van der Waals surface area contributed by atoms with E-state index in [1.54, 1.807) is 30.3 Å². The van der Waals surface area contributed by atoms with E-state index in [-0.39, 0.29) is 17.8 Å². The maximum atomic E-state index is 13.1. The number of hydrogen-bond donors (Lipinski definition) is 1. The summed E-state index contributed by atoms with van der Waals surface area (Å²) in [5, 5.41) is 2.94. The van der Waals surface area contributed by atoms with Crippen LogP contribution in [0.3, 0.4) is 0 Å². The van der Waals surface area contributed by atoms with E-state index in [4.69, 9.17) is 9.47 Å². The molecule has 0 aliphatic carbocycles. The van der Waals surface area contributed by atoms with Crippen LogP contribution >= 0.6 is 0 Å². The van der Waals surface area contributed by atoms with Crippen molar-refractivity contribution in [3.8, 4) is 5.75 Å². The molecular formula is C22H28FNO3. The number of rotatable bonds is 9. The van der Waals surface area contributed by atoms with Crippen LogP contribution in [0.1, 0.15) is 55.2 Å². The maximum Gasteiger partial charge on any atom is 0.251 e. The third-order valence-electron chi connectivity index (χ3n) is 4.05. The summed E-state index contributed by atoms with van der Waals surface area (Å²) in [4.78, 5) is 12.6. The molecule has 0 heterocycles. The van der Waals surface area contributed by atoms with Crippen molar-refractivity contribution in [1.82, 2.24) is 5.32 Å². The van der Waals surface area contributed by atoms with Gasteiger partial charge in [0.05, 0.1) is 19.3 Å². The number of hydrogen-bond acceptors (Lipinski definition) is 3. The molecule has 0 bridgehead atoms. The van der Waals surface area contributed by atoms with Crippen molar-refractivity contribution in [3.05, 3.63) is 65.0 Å². The number of benzene rings is 2. The third kappa shape index (κ3) is 6.36. The average molecular weight is 373 g/mol. The molecule has 0 aliphatic heterocycles. The molecule has 1 N–H and O–H groups in total.